The van der Waals surface area contributed by atoms with Crippen molar-refractivity contribution >= 4 is 18.4 Å². The van der Waals surface area contributed by atoms with Gasteiger partial charge in [0.15, 0.2) is 0 Å². The fourth-order valence-electron chi connectivity index (χ4n) is 1.08. The largest absolute Gasteiger partial charge is 0.469 e. The molecule has 0 aliphatic rings. The molecule has 1 aromatic carbocycles. The number of carbonyl (C=O) groups is 1. The average molecular weight is 216 g/mol. The highest BCUT2D eigenvalue weighted by molar-refractivity contribution is 5.85. The summed E-state index contributed by atoms with van der Waals surface area (Å²) in [4.78, 5) is 10.9. The third-order valence-corrected chi connectivity index (χ3v) is 1.84. The van der Waals surface area contributed by atoms with Crippen LogP contribution in [0.5, 0.6) is 0 Å². The summed E-state index contributed by atoms with van der Waals surface area (Å²) in [6, 6.07) is 9.22. The summed E-state index contributed by atoms with van der Waals surface area (Å²) in [6.07, 6.45) is 0.223. The molecule has 0 unspecified atom stereocenters. The fourth-order valence-corrected chi connectivity index (χ4v) is 1.08. The summed E-state index contributed by atoms with van der Waals surface area (Å²) in [5, 5.41) is 0. The summed E-state index contributed by atoms with van der Waals surface area (Å²) in [5.74, 6) is -0.281. The van der Waals surface area contributed by atoms with E-state index in [1.807, 2.05) is 30.3 Å². The predicted molar refractivity (Wildman–Crippen MR) is 57.3 cm³/mol. The van der Waals surface area contributed by atoms with Gasteiger partial charge in [0.1, 0.15) is 0 Å². The van der Waals surface area contributed by atoms with E-state index >= 15 is 0 Å². The van der Waals surface area contributed by atoms with Crippen molar-refractivity contribution in [1.29, 1.82) is 0 Å². The fraction of sp³-hybridized carbons (Fsp3) is 0.300. The number of hydrogen-bond acceptors (Lipinski definition) is 3. The zero-order valence-corrected chi connectivity index (χ0v) is 8.79. The Morgan fingerprint density at radius 1 is 1.43 bits per heavy atom. The summed E-state index contributed by atoms with van der Waals surface area (Å²) in [5.41, 5.74) is 6.72. The maximum Gasteiger partial charge on any atom is 0.307 e. The van der Waals surface area contributed by atoms with Crippen LogP contribution in [0.3, 0.4) is 0 Å². The number of rotatable bonds is 3. The number of halogens is 1. The maximum absolute atomic E-state index is 10.9. The Morgan fingerprint density at radius 3 is 2.50 bits per heavy atom. The molecule has 0 saturated carbocycles. The highest BCUT2D eigenvalue weighted by Gasteiger charge is 2.10. The smallest absolute Gasteiger partial charge is 0.307 e. The first-order valence-corrected chi connectivity index (χ1v) is 4.11. The molecule has 0 spiro atoms. The monoisotopic (exact) mass is 215 g/mol. The minimum atomic E-state index is -0.281. The third kappa shape index (κ3) is 3.77. The summed E-state index contributed by atoms with van der Waals surface area (Å²) in [6.45, 7) is 0. The van der Waals surface area contributed by atoms with Gasteiger partial charge in [-0.1, -0.05) is 30.3 Å². The van der Waals surface area contributed by atoms with Gasteiger partial charge in [0, 0.05) is 6.04 Å². The Bertz CT molecular complexity index is 277. The van der Waals surface area contributed by atoms with E-state index in [1.54, 1.807) is 0 Å². The molecule has 0 amide bonds. The second kappa shape index (κ2) is 6.40. The van der Waals surface area contributed by atoms with Gasteiger partial charge in [0.2, 0.25) is 0 Å². The Labute approximate surface area is 89.7 Å². The van der Waals surface area contributed by atoms with Crippen LogP contribution < -0.4 is 5.73 Å². The van der Waals surface area contributed by atoms with Crippen molar-refractivity contribution in [1.82, 2.24) is 0 Å². The first-order chi connectivity index (χ1) is 6.24. The lowest BCUT2D eigenvalue weighted by molar-refractivity contribution is -0.141. The molecule has 0 aliphatic heterocycles. The van der Waals surface area contributed by atoms with E-state index in [1.165, 1.54) is 7.11 Å². The first kappa shape index (κ1) is 12.9. The van der Waals surface area contributed by atoms with E-state index in [0.717, 1.165) is 5.56 Å². The number of benzene rings is 1. The van der Waals surface area contributed by atoms with E-state index in [-0.39, 0.29) is 30.8 Å². The summed E-state index contributed by atoms with van der Waals surface area (Å²) in [7, 11) is 1.36. The molecule has 1 rings (SSSR count). The van der Waals surface area contributed by atoms with Crippen LogP contribution in [0.2, 0.25) is 0 Å². The second-order valence-electron chi connectivity index (χ2n) is 2.80. The zero-order chi connectivity index (χ0) is 9.68. The van der Waals surface area contributed by atoms with E-state index in [2.05, 4.69) is 4.74 Å². The molecule has 14 heavy (non-hydrogen) atoms. The van der Waals surface area contributed by atoms with E-state index in [4.69, 9.17) is 5.73 Å². The van der Waals surface area contributed by atoms with Crippen LogP contribution in [0.4, 0.5) is 0 Å². The summed E-state index contributed by atoms with van der Waals surface area (Å²) < 4.78 is 4.52. The second-order valence-corrected chi connectivity index (χ2v) is 2.80. The number of ether oxygens (including phenoxy) is 1. The van der Waals surface area contributed by atoms with Gasteiger partial charge in [-0.15, -0.1) is 12.4 Å². The lowest BCUT2D eigenvalue weighted by atomic mass is 10.1. The molecule has 1 atom stereocenters. The van der Waals surface area contributed by atoms with Crippen molar-refractivity contribution in [3.8, 4) is 0 Å². The molecular formula is C10H14ClNO2. The molecule has 0 radical (unpaired) electrons. The van der Waals surface area contributed by atoms with Crippen molar-refractivity contribution < 1.29 is 9.53 Å². The molecule has 0 fully saturated rings. The predicted octanol–water partition coefficient (Wildman–Crippen LogP) is 1.67. The van der Waals surface area contributed by atoms with Crippen LogP contribution in [0.25, 0.3) is 0 Å². The van der Waals surface area contributed by atoms with Gasteiger partial charge in [-0.2, -0.15) is 0 Å². The molecule has 2 N–H and O–H groups in total. The van der Waals surface area contributed by atoms with Crippen LogP contribution >= 0.6 is 12.4 Å². The van der Waals surface area contributed by atoms with Crippen molar-refractivity contribution in [3.63, 3.8) is 0 Å². The third-order valence-electron chi connectivity index (χ3n) is 1.84. The molecule has 0 saturated heterocycles. The van der Waals surface area contributed by atoms with Gasteiger partial charge < -0.3 is 10.5 Å². The molecular weight excluding hydrogens is 202 g/mol. The van der Waals surface area contributed by atoms with Crippen LogP contribution in [0.1, 0.15) is 18.0 Å². The number of methoxy groups -OCH3 is 1. The van der Waals surface area contributed by atoms with Gasteiger partial charge in [0.25, 0.3) is 0 Å². The molecule has 0 aliphatic carbocycles. The highest BCUT2D eigenvalue weighted by atomic mass is 35.5. The number of hydrogen-bond donors (Lipinski definition) is 1. The van der Waals surface area contributed by atoms with Crippen LogP contribution in [-0.2, 0) is 9.53 Å². The van der Waals surface area contributed by atoms with Gasteiger partial charge in [0.05, 0.1) is 13.5 Å². The van der Waals surface area contributed by atoms with Crippen LogP contribution in [0, 0.1) is 0 Å². The van der Waals surface area contributed by atoms with Crippen LogP contribution in [-0.4, -0.2) is 13.1 Å². The minimum absolute atomic E-state index is 0. The molecule has 0 heterocycles. The highest BCUT2D eigenvalue weighted by Crippen LogP contribution is 2.13. The summed E-state index contributed by atoms with van der Waals surface area (Å²) >= 11 is 0. The van der Waals surface area contributed by atoms with Gasteiger partial charge in [-0.25, -0.2) is 0 Å². The molecule has 4 heteroatoms. The number of esters is 1. The molecule has 0 bridgehead atoms. The van der Waals surface area contributed by atoms with Crippen molar-refractivity contribution in [2.45, 2.75) is 12.5 Å². The topological polar surface area (TPSA) is 52.3 Å². The Kier molecular flexibility index (Phi) is 5.92. The molecule has 78 valence electrons. The van der Waals surface area contributed by atoms with Crippen molar-refractivity contribution in [2.24, 2.45) is 5.73 Å². The SMILES string of the molecule is COC(=O)C[C@@H](N)c1ccccc1.Cl. The maximum atomic E-state index is 10.9. The minimum Gasteiger partial charge on any atom is -0.469 e. The Balaban J connectivity index is 0.00000169. The Morgan fingerprint density at radius 2 is 2.00 bits per heavy atom. The van der Waals surface area contributed by atoms with E-state index in [9.17, 15) is 4.79 Å². The van der Waals surface area contributed by atoms with E-state index < -0.39 is 0 Å². The van der Waals surface area contributed by atoms with E-state index in [0.29, 0.717) is 0 Å². The molecule has 3 nitrogen and oxygen atoms in total. The first-order valence-electron chi connectivity index (χ1n) is 4.11. The number of nitrogens with two attached hydrogens (primary N) is 1. The Hall–Kier alpha value is -1.06. The normalized spacial score (nSPS) is 11.3. The number of carbonyl (C=O) groups excluding carboxylic acids is 1. The van der Waals surface area contributed by atoms with Gasteiger partial charge in [-0.3, -0.25) is 4.79 Å². The van der Waals surface area contributed by atoms with Gasteiger partial charge in [-0.05, 0) is 5.56 Å². The zero-order valence-electron chi connectivity index (χ0n) is 7.97. The lowest BCUT2D eigenvalue weighted by Crippen LogP contribution is -2.16. The molecule has 1 aromatic rings. The van der Waals surface area contributed by atoms with Crippen LogP contribution in [0.15, 0.2) is 30.3 Å². The quantitative estimate of drug-likeness (QED) is 0.781. The van der Waals surface area contributed by atoms with Gasteiger partial charge >= 0.3 is 5.97 Å². The average Bonchev–Trinajstić information content (AvgIpc) is 2.19. The standard InChI is InChI=1S/C10H13NO2.ClH/c1-13-10(12)7-9(11)8-5-3-2-4-6-8;/h2-6,9H,7,11H2,1H3;1H/t9-;/m1./s1. The van der Waals surface area contributed by atoms with Crippen molar-refractivity contribution in [2.75, 3.05) is 7.11 Å². The molecule has 0 aromatic heterocycles. The lowest BCUT2D eigenvalue weighted by Gasteiger charge is -2.09. The van der Waals surface area contributed by atoms with Crippen molar-refractivity contribution in [3.05, 3.63) is 35.9 Å².